The summed E-state index contributed by atoms with van der Waals surface area (Å²) in [5, 5.41) is 12.3. The van der Waals surface area contributed by atoms with Gasteiger partial charge in [0, 0.05) is 12.6 Å². The van der Waals surface area contributed by atoms with Crippen LogP contribution in [0.5, 0.6) is 0 Å². The van der Waals surface area contributed by atoms with Crippen LogP contribution < -0.4 is 5.32 Å². The van der Waals surface area contributed by atoms with Crippen molar-refractivity contribution >= 4 is 0 Å². The Bertz CT molecular complexity index is 342. The van der Waals surface area contributed by atoms with E-state index in [0.29, 0.717) is 25.2 Å². The number of aliphatic hydroxyl groups excluding tert-OH is 1. The molecular formula is C16H25NO2. The number of nitrogens with one attached hydrogen (secondary N) is 1. The van der Waals surface area contributed by atoms with E-state index in [4.69, 9.17) is 9.84 Å². The summed E-state index contributed by atoms with van der Waals surface area (Å²) < 4.78 is 5.30. The van der Waals surface area contributed by atoms with E-state index in [0.717, 1.165) is 6.54 Å². The molecule has 0 aromatic heterocycles. The van der Waals surface area contributed by atoms with Crippen molar-refractivity contribution in [3.63, 3.8) is 0 Å². The number of ether oxygens (including phenoxy) is 1. The number of hydrogen-bond acceptors (Lipinski definition) is 3. The van der Waals surface area contributed by atoms with E-state index < -0.39 is 0 Å². The Kier molecular flexibility index (Phi) is 6.34. The molecule has 0 saturated heterocycles. The Balaban J connectivity index is 1.83. The smallest absolute Gasteiger partial charge is 0.0698 e. The Labute approximate surface area is 116 Å². The van der Waals surface area contributed by atoms with Crippen molar-refractivity contribution in [3.05, 3.63) is 35.9 Å². The molecule has 2 rings (SSSR count). The molecule has 0 heterocycles. The molecule has 1 aromatic rings. The van der Waals surface area contributed by atoms with Gasteiger partial charge in [0.25, 0.3) is 0 Å². The molecule has 0 radical (unpaired) electrons. The molecule has 2 unspecified atom stereocenters. The Morgan fingerprint density at radius 1 is 1.11 bits per heavy atom. The van der Waals surface area contributed by atoms with Crippen molar-refractivity contribution in [1.29, 1.82) is 0 Å². The second-order valence-corrected chi connectivity index (χ2v) is 5.20. The lowest BCUT2D eigenvalue weighted by Gasteiger charge is -2.32. The second-order valence-electron chi connectivity index (χ2n) is 5.20. The van der Waals surface area contributed by atoms with Crippen molar-refractivity contribution in [3.8, 4) is 0 Å². The maximum atomic E-state index is 8.66. The molecule has 1 saturated carbocycles. The molecule has 2 atom stereocenters. The quantitative estimate of drug-likeness (QED) is 0.742. The maximum Gasteiger partial charge on any atom is 0.0698 e. The van der Waals surface area contributed by atoms with Gasteiger partial charge in [-0.05, 0) is 24.3 Å². The molecule has 1 aliphatic carbocycles. The van der Waals surface area contributed by atoms with Crippen molar-refractivity contribution in [2.75, 3.05) is 26.4 Å². The van der Waals surface area contributed by atoms with E-state index in [-0.39, 0.29) is 6.61 Å². The average Bonchev–Trinajstić information content (AvgIpc) is 2.48. The highest BCUT2D eigenvalue weighted by Gasteiger charge is 2.25. The van der Waals surface area contributed by atoms with Crippen molar-refractivity contribution < 1.29 is 9.84 Å². The van der Waals surface area contributed by atoms with Gasteiger partial charge in [-0.1, -0.05) is 43.2 Å². The van der Waals surface area contributed by atoms with Crippen LogP contribution in [0.15, 0.2) is 30.3 Å². The van der Waals surface area contributed by atoms with Crippen LogP contribution in [-0.4, -0.2) is 37.5 Å². The van der Waals surface area contributed by atoms with Gasteiger partial charge in [0.05, 0.1) is 19.8 Å². The Morgan fingerprint density at radius 2 is 1.89 bits per heavy atom. The highest BCUT2D eigenvalue weighted by Crippen LogP contribution is 2.32. The van der Waals surface area contributed by atoms with Crippen molar-refractivity contribution in [2.24, 2.45) is 0 Å². The van der Waals surface area contributed by atoms with Crippen LogP contribution in [0.4, 0.5) is 0 Å². The predicted octanol–water partition coefficient (Wildman–Crippen LogP) is 2.31. The second kappa shape index (κ2) is 8.31. The molecule has 0 aliphatic heterocycles. The lowest BCUT2D eigenvalue weighted by molar-refractivity contribution is 0.0912. The average molecular weight is 263 g/mol. The third-order valence-electron chi connectivity index (χ3n) is 3.88. The first-order valence-electron chi connectivity index (χ1n) is 7.38. The Morgan fingerprint density at radius 3 is 2.68 bits per heavy atom. The van der Waals surface area contributed by atoms with Gasteiger partial charge in [-0.2, -0.15) is 0 Å². The van der Waals surface area contributed by atoms with Gasteiger partial charge in [0.1, 0.15) is 0 Å². The summed E-state index contributed by atoms with van der Waals surface area (Å²) in [6, 6.07) is 11.4. The van der Waals surface area contributed by atoms with Gasteiger partial charge in [-0.3, -0.25) is 0 Å². The minimum Gasteiger partial charge on any atom is -0.394 e. The van der Waals surface area contributed by atoms with E-state index in [1.54, 1.807) is 0 Å². The summed E-state index contributed by atoms with van der Waals surface area (Å²) in [6.45, 7) is 2.09. The van der Waals surface area contributed by atoms with E-state index in [1.165, 1.54) is 31.2 Å². The molecule has 0 amide bonds. The van der Waals surface area contributed by atoms with E-state index in [1.807, 2.05) is 0 Å². The number of rotatable bonds is 7. The van der Waals surface area contributed by atoms with Crippen LogP contribution in [0.2, 0.25) is 0 Å². The summed E-state index contributed by atoms with van der Waals surface area (Å²) in [5.74, 6) is 0.632. The van der Waals surface area contributed by atoms with Crippen molar-refractivity contribution in [1.82, 2.24) is 5.32 Å². The van der Waals surface area contributed by atoms with Gasteiger partial charge in [0.2, 0.25) is 0 Å². The fraction of sp³-hybridized carbons (Fsp3) is 0.625. The Hall–Kier alpha value is -0.900. The first-order chi connectivity index (χ1) is 9.42. The predicted molar refractivity (Wildman–Crippen MR) is 77.3 cm³/mol. The molecule has 1 aromatic carbocycles. The summed E-state index contributed by atoms with van der Waals surface area (Å²) in [5.41, 5.74) is 1.45. The van der Waals surface area contributed by atoms with E-state index >= 15 is 0 Å². The van der Waals surface area contributed by atoms with Crippen LogP contribution in [0, 0.1) is 0 Å². The van der Waals surface area contributed by atoms with Crippen LogP contribution in [0.25, 0.3) is 0 Å². The minimum absolute atomic E-state index is 0.107. The first kappa shape index (κ1) is 14.5. The maximum absolute atomic E-state index is 8.66. The fourth-order valence-electron chi connectivity index (χ4n) is 2.96. The largest absolute Gasteiger partial charge is 0.394 e. The van der Waals surface area contributed by atoms with Gasteiger partial charge in [-0.25, -0.2) is 0 Å². The number of aliphatic hydroxyl groups is 1. The van der Waals surface area contributed by atoms with Crippen LogP contribution in [0.1, 0.15) is 37.2 Å². The van der Waals surface area contributed by atoms with E-state index in [2.05, 4.69) is 35.6 Å². The molecule has 0 bridgehead atoms. The van der Waals surface area contributed by atoms with Gasteiger partial charge < -0.3 is 15.2 Å². The van der Waals surface area contributed by atoms with Gasteiger partial charge >= 0.3 is 0 Å². The molecular weight excluding hydrogens is 238 g/mol. The highest BCUT2D eigenvalue weighted by molar-refractivity contribution is 5.21. The number of hydrogen-bond donors (Lipinski definition) is 2. The van der Waals surface area contributed by atoms with Gasteiger partial charge in [0.15, 0.2) is 0 Å². The van der Waals surface area contributed by atoms with Crippen LogP contribution in [-0.2, 0) is 4.74 Å². The summed E-state index contributed by atoms with van der Waals surface area (Å²) in [7, 11) is 0. The molecule has 2 N–H and O–H groups in total. The first-order valence-corrected chi connectivity index (χ1v) is 7.38. The third kappa shape index (κ3) is 4.60. The van der Waals surface area contributed by atoms with Crippen LogP contribution >= 0.6 is 0 Å². The zero-order chi connectivity index (χ0) is 13.3. The van der Waals surface area contributed by atoms with Gasteiger partial charge in [-0.15, -0.1) is 0 Å². The van der Waals surface area contributed by atoms with E-state index in [9.17, 15) is 0 Å². The topological polar surface area (TPSA) is 41.5 Å². The summed E-state index contributed by atoms with van der Waals surface area (Å²) >= 11 is 0. The van der Waals surface area contributed by atoms with Crippen LogP contribution in [0.3, 0.4) is 0 Å². The minimum atomic E-state index is 0.107. The SMILES string of the molecule is OCCOCCNC1CCCCC1c1ccccc1. The standard InChI is InChI=1S/C16H25NO2/c18-11-13-19-12-10-17-16-9-5-4-8-15(16)14-6-2-1-3-7-14/h1-3,6-7,15-18H,4-5,8-13H2. The summed E-state index contributed by atoms with van der Waals surface area (Å²) in [6.07, 6.45) is 5.18. The van der Waals surface area contributed by atoms with Crippen molar-refractivity contribution in [2.45, 2.75) is 37.6 Å². The third-order valence-corrected chi connectivity index (χ3v) is 3.88. The number of benzene rings is 1. The molecule has 106 valence electrons. The normalized spacial score (nSPS) is 23.4. The molecule has 3 nitrogen and oxygen atoms in total. The molecule has 0 spiro atoms. The fourth-order valence-corrected chi connectivity index (χ4v) is 2.96. The molecule has 1 fully saturated rings. The molecule has 3 heteroatoms. The molecule has 19 heavy (non-hydrogen) atoms. The lowest BCUT2D eigenvalue weighted by atomic mass is 9.80. The zero-order valence-corrected chi connectivity index (χ0v) is 11.6. The molecule has 1 aliphatic rings. The monoisotopic (exact) mass is 263 g/mol. The lowest BCUT2D eigenvalue weighted by Crippen LogP contribution is -2.39. The summed E-state index contributed by atoms with van der Waals surface area (Å²) in [4.78, 5) is 0. The highest BCUT2D eigenvalue weighted by atomic mass is 16.5. The zero-order valence-electron chi connectivity index (χ0n) is 11.6.